The molecule has 0 aliphatic rings. The molecular formula is C23H21N3Si. The molecule has 3 aromatic rings. The third-order valence-electron chi connectivity index (χ3n) is 4.35. The molecule has 0 atom stereocenters. The first kappa shape index (κ1) is 18.4. The number of terminal acetylenes is 2. The van der Waals surface area contributed by atoms with Gasteiger partial charge in [-0.2, -0.15) is 0 Å². The van der Waals surface area contributed by atoms with E-state index in [-0.39, 0.29) is 0 Å². The summed E-state index contributed by atoms with van der Waals surface area (Å²) < 4.78 is 0. The molecule has 0 heterocycles. The van der Waals surface area contributed by atoms with E-state index in [0.29, 0.717) is 6.17 Å². The van der Waals surface area contributed by atoms with Gasteiger partial charge in [0.25, 0.3) is 0 Å². The maximum atomic E-state index is 6.33. The number of anilines is 2. The Bertz CT molecular complexity index is 940. The third kappa shape index (κ3) is 4.21. The molecule has 0 radical (unpaired) electrons. The zero-order chi connectivity index (χ0) is 19.1. The molecule has 3 rings (SSSR count). The van der Waals surface area contributed by atoms with E-state index in [1.807, 2.05) is 66.7 Å². The van der Waals surface area contributed by atoms with Crippen LogP contribution in [-0.4, -0.2) is 14.6 Å². The monoisotopic (exact) mass is 367 g/mol. The van der Waals surface area contributed by atoms with Gasteiger partial charge >= 0.3 is 8.40 Å². The average Bonchev–Trinajstić information content (AvgIpc) is 2.74. The van der Waals surface area contributed by atoms with Crippen LogP contribution >= 0.6 is 0 Å². The fourth-order valence-corrected chi connectivity index (χ4v) is 5.83. The van der Waals surface area contributed by atoms with E-state index >= 15 is 0 Å². The highest BCUT2D eigenvalue weighted by Gasteiger charge is 2.36. The standard InChI is InChI=1S/C23H21N3Si/c1-3-19-10-8-12-21(16-19)25-27(18-24,23-14-6-5-7-15-23)26-22-13-9-11-20(4-2)17-22/h1-2,5-17,25-26H,18,24H2. The first-order valence-electron chi connectivity index (χ1n) is 8.64. The van der Waals surface area contributed by atoms with Crippen molar-refractivity contribution in [3.63, 3.8) is 0 Å². The quantitative estimate of drug-likeness (QED) is 0.464. The van der Waals surface area contributed by atoms with E-state index in [9.17, 15) is 0 Å². The predicted molar refractivity (Wildman–Crippen MR) is 117 cm³/mol. The van der Waals surface area contributed by atoms with E-state index in [2.05, 4.69) is 33.9 Å². The first-order chi connectivity index (χ1) is 13.2. The Kier molecular flexibility index (Phi) is 5.64. The van der Waals surface area contributed by atoms with Crippen molar-refractivity contribution in [3.05, 3.63) is 90.0 Å². The van der Waals surface area contributed by atoms with E-state index in [0.717, 1.165) is 27.7 Å². The van der Waals surface area contributed by atoms with Gasteiger partial charge in [-0.1, -0.05) is 54.3 Å². The topological polar surface area (TPSA) is 50.1 Å². The Morgan fingerprint density at radius 2 is 1.26 bits per heavy atom. The van der Waals surface area contributed by atoms with Crippen LogP contribution in [0.2, 0.25) is 0 Å². The summed E-state index contributed by atoms with van der Waals surface area (Å²) in [6.45, 7) is 0. The van der Waals surface area contributed by atoms with Gasteiger partial charge in [0, 0.05) is 28.7 Å². The van der Waals surface area contributed by atoms with Gasteiger partial charge in [0.1, 0.15) is 0 Å². The van der Waals surface area contributed by atoms with Gasteiger partial charge in [-0.05, 0) is 41.6 Å². The van der Waals surface area contributed by atoms with Crippen molar-refractivity contribution in [3.8, 4) is 24.7 Å². The summed E-state index contributed by atoms with van der Waals surface area (Å²) in [5.74, 6) is 5.35. The predicted octanol–water partition coefficient (Wildman–Crippen LogP) is 3.02. The zero-order valence-electron chi connectivity index (χ0n) is 14.9. The lowest BCUT2D eigenvalue weighted by Crippen LogP contribution is -2.67. The van der Waals surface area contributed by atoms with Crippen LogP contribution in [0.4, 0.5) is 11.4 Å². The van der Waals surface area contributed by atoms with Crippen molar-refractivity contribution in [2.75, 3.05) is 16.1 Å². The Hall–Kier alpha value is -3.44. The number of nitrogens with one attached hydrogen (secondary N) is 2. The van der Waals surface area contributed by atoms with E-state index in [1.54, 1.807) is 0 Å². The fourth-order valence-electron chi connectivity index (χ4n) is 2.98. The lowest BCUT2D eigenvalue weighted by molar-refractivity contribution is 1.29. The van der Waals surface area contributed by atoms with Crippen molar-refractivity contribution in [2.45, 2.75) is 0 Å². The van der Waals surface area contributed by atoms with Crippen molar-refractivity contribution in [1.29, 1.82) is 0 Å². The largest absolute Gasteiger partial charge is 0.390 e. The highest BCUT2D eigenvalue weighted by Crippen LogP contribution is 2.18. The van der Waals surface area contributed by atoms with Gasteiger partial charge in [-0.3, -0.25) is 0 Å². The number of benzene rings is 3. The van der Waals surface area contributed by atoms with Gasteiger partial charge < -0.3 is 15.7 Å². The molecule has 0 aliphatic carbocycles. The minimum absolute atomic E-state index is 0.442. The number of nitrogens with two attached hydrogens (primary N) is 1. The number of hydrogen-bond donors (Lipinski definition) is 3. The van der Waals surface area contributed by atoms with E-state index in [1.165, 1.54) is 0 Å². The molecule has 0 fully saturated rings. The summed E-state index contributed by atoms with van der Waals surface area (Å²) in [6.07, 6.45) is 11.6. The molecule has 0 unspecified atom stereocenters. The minimum atomic E-state index is -2.56. The second-order valence-electron chi connectivity index (χ2n) is 6.18. The lowest BCUT2D eigenvalue weighted by Gasteiger charge is -2.34. The van der Waals surface area contributed by atoms with Gasteiger partial charge in [0.2, 0.25) is 0 Å². The summed E-state index contributed by atoms with van der Waals surface area (Å²) >= 11 is 0. The second-order valence-corrected chi connectivity index (χ2v) is 9.47. The lowest BCUT2D eigenvalue weighted by atomic mass is 10.2. The molecule has 0 saturated carbocycles. The van der Waals surface area contributed by atoms with Gasteiger partial charge in [0.05, 0.1) is 0 Å². The molecule has 3 nitrogen and oxygen atoms in total. The highest BCUT2D eigenvalue weighted by atomic mass is 28.3. The molecule has 4 N–H and O–H groups in total. The Morgan fingerprint density at radius 3 is 1.70 bits per heavy atom. The van der Waals surface area contributed by atoms with Crippen LogP contribution in [0.15, 0.2) is 78.9 Å². The molecule has 3 aromatic carbocycles. The molecule has 0 aromatic heterocycles. The van der Waals surface area contributed by atoms with Crippen LogP contribution in [-0.2, 0) is 0 Å². The van der Waals surface area contributed by atoms with Crippen molar-refractivity contribution in [2.24, 2.45) is 5.73 Å². The molecule has 0 aliphatic heterocycles. The molecule has 0 spiro atoms. The number of hydrogen-bond acceptors (Lipinski definition) is 3. The van der Waals surface area contributed by atoms with Crippen LogP contribution in [0.1, 0.15) is 11.1 Å². The molecule has 4 heteroatoms. The molecule has 0 saturated heterocycles. The van der Waals surface area contributed by atoms with Crippen LogP contribution in [0.5, 0.6) is 0 Å². The number of rotatable bonds is 6. The van der Waals surface area contributed by atoms with Crippen LogP contribution in [0, 0.1) is 24.7 Å². The summed E-state index contributed by atoms with van der Waals surface area (Å²) in [7, 11) is -2.56. The van der Waals surface area contributed by atoms with Gasteiger partial charge in [-0.25, -0.2) is 0 Å². The smallest absolute Gasteiger partial charge is 0.306 e. The van der Waals surface area contributed by atoms with E-state index in [4.69, 9.17) is 18.6 Å². The fraction of sp³-hybridized carbons (Fsp3) is 0.0435. The summed E-state index contributed by atoms with van der Waals surface area (Å²) in [5, 5.41) is 1.14. The Morgan fingerprint density at radius 1 is 0.741 bits per heavy atom. The van der Waals surface area contributed by atoms with Crippen molar-refractivity contribution < 1.29 is 0 Å². The average molecular weight is 368 g/mol. The molecule has 27 heavy (non-hydrogen) atoms. The first-order valence-corrected chi connectivity index (χ1v) is 10.8. The molecule has 132 valence electrons. The Balaban J connectivity index is 2.05. The van der Waals surface area contributed by atoms with Crippen LogP contribution < -0.4 is 20.9 Å². The second kappa shape index (κ2) is 8.29. The Labute approximate surface area is 161 Å². The van der Waals surface area contributed by atoms with E-state index < -0.39 is 8.40 Å². The summed E-state index contributed by atoms with van der Waals surface area (Å²) in [5.41, 5.74) is 9.85. The maximum Gasteiger partial charge on any atom is 0.306 e. The van der Waals surface area contributed by atoms with Crippen LogP contribution in [0.25, 0.3) is 0 Å². The SMILES string of the molecule is C#Cc1cccc(N[Si](CN)(Nc2cccc(C#C)c2)c2ccccc2)c1. The third-order valence-corrected chi connectivity index (χ3v) is 7.71. The normalized spacial score (nSPS) is 10.5. The zero-order valence-corrected chi connectivity index (χ0v) is 15.9. The highest BCUT2D eigenvalue weighted by molar-refractivity contribution is 6.96. The molecule has 0 amide bonds. The minimum Gasteiger partial charge on any atom is -0.390 e. The van der Waals surface area contributed by atoms with Crippen molar-refractivity contribution in [1.82, 2.24) is 0 Å². The summed E-state index contributed by atoms with van der Waals surface area (Å²) in [4.78, 5) is 7.35. The molecule has 0 bridgehead atoms. The van der Waals surface area contributed by atoms with Crippen molar-refractivity contribution >= 4 is 25.0 Å². The molecular weight excluding hydrogens is 346 g/mol. The summed E-state index contributed by atoms with van der Waals surface area (Å²) in [6, 6.07) is 25.8. The maximum absolute atomic E-state index is 6.33. The van der Waals surface area contributed by atoms with Gasteiger partial charge in [0.15, 0.2) is 0 Å². The van der Waals surface area contributed by atoms with Gasteiger partial charge in [-0.15, -0.1) is 12.8 Å². The van der Waals surface area contributed by atoms with Crippen LogP contribution in [0.3, 0.4) is 0 Å².